The van der Waals surface area contributed by atoms with Crippen molar-refractivity contribution in [3.05, 3.63) is 41.6 Å². The first-order chi connectivity index (χ1) is 9.66. The van der Waals surface area contributed by atoms with Gasteiger partial charge in [0.05, 0.1) is 6.26 Å². The van der Waals surface area contributed by atoms with Crippen molar-refractivity contribution in [1.82, 2.24) is 15.0 Å². The van der Waals surface area contributed by atoms with Gasteiger partial charge in [-0.15, -0.1) is 0 Å². The molecule has 0 aliphatic rings. The van der Waals surface area contributed by atoms with Crippen LogP contribution >= 0.6 is 69.6 Å². The fraction of sp³-hybridized carbons (Fsp3) is 0.182. The van der Waals surface area contributed by atoms with Crippen LogP contribution in [0.1, 0.15) is 23.2 Å². The Kier molecular flexibility index (Phi) is 5.29. The Morgan fingerprint density at radius 1 is 0.857 bits per heavy atom. The predicted octanol–water partition coefficient (Wildman–Crippen LogP) is 5.29. The Hall–Kier alpha value is -0.230. The second kappa shape index (κ2) is 6.49. The van der Waals surface area contributed by atoms with Gasteiger partial charge in [0, 0.05) is 0 Å². The van der Waals surface area contributed by atoms with E-state index in [0.717, 1.165) is 0 Å². The molecule has 0 saturated carbocycles. The fourth-order valence-corrected chi connectivity index (χ4v) is 1.77. The molecule has 0 bridgehead atoms. The molecule has 0 spiro atoms. The summed E-state index contributed by atoms with van der Waals surface area (Å²) in [6, 6.07) is 3.47. The molecule has 10 heteroatoms. The highest BCUT2D eigenvalue weighted by Crippen LogP contribution is 2.39. The third kappa shape index (κ3) is 4.88. The van der Waals surface area contributed by atoms with Gasteiger partial charge in [-0.2, -0.15) is 0 Å². The Labute approximate surface area is 150 Å². The van der Waals surface area contributed by atoms with Gasteiger partial charge in [0.15, 0.2) is 17.5 Å². The maximum absolute atomic E-state index is 5.76. The SMILES string of the molecule is ClC(Cl)(Cl)c1nc(/C=C\c2ccco2)nc(C(Cl)(Cl)Cl)n1. The molecule has 0 aliphatic heterocycles. The summed E-state index contributed by atoms with van der Waals surface area (Å²) < 4.78 is 1.39. The molecule has 0 aromatic carbocycles. The van der Waals surface area contributed by atoms with Crippen LogP contribution in [0, 0.1) is 0 Å². The van der Waals surface area contributed by atoms with Gasteiger partial charge in [0.2, 0.25) is 7.59 Å². The lowest BCUT2D eigenvalue weighted by Crippen LogP contribution is -2.16. The van der Waals surface area contributed by atoms with Gasteiger partial charge >= 0.3 is 0 Å². The van der Waals surface area contributed by atoms with Crippen molar-refractivity contribution in [2.24, 2.45) is 0 Å². The Morgan fingerprint density at radius 3 is 1.86 bits per heavy atom. The Bertz CT molecular complexity index is 613. The van der Waals surface area contributed by atoms with Crippen molar-refractivity contribution in [2.75, 3.05) is 0 Å². The molecule has 21 heavy (non-hydrogen) atoms. The van der Waals surface area contributed by atoms with E-state index in [4.69, 9.17) is 74.0 Å². The molecule has 0 fully saturated rings. The van der Waals surface area contributed by atoms with Crippen molar-refractivity contribution in [3.63, 3.8) is 0 Å². The number of halogens is 6. The quantitative estimate of drug-likeness (QED) is 0.635. The zero-order chi connectivity index (χ0) is 15.7. The van der Waals surface area contributed by atoms with Gasteiger partial charge in [-0.05, 0) is 24.3 Å². The van der Waals surface area contributed by atoms with Crippen LogP contribution in [0.4, 0.5) is 0 Å². The molecule has 2 aromatic rings. The maximum Gasteiger partial charge on any atom is 0.250 e. The van der Waals surface area contributed by atoms with Gasteiger partial charge in [0.25, 0.3) is 0 Å². The summed E-state index contributed by atoms with van der Waals surface area (Å²) in [7, 11) is 0. The third-order valence-electron chi connectivity index (χ3n) is 2.10. The number of nitrogens with zero attached hydrogens (tertiary/aromatic N) is 3. The topological polar surface area (TPSA) is 51.8 Å². The molecular weight excluding hydrogens is 403 g/mol. The molecule has 0 unspecified atom stereocenters. The first-order valence-corrected chi connectivity index (χ1v) is 7.55. The van der Waals surface area contributed by atoms with Crippen LogP contribution in [0.15, 0.2) is 22.8 Å². The molecule has 0 saturated heterocycles. The molecular formula is C11H5Cl6N3O. The summed E-state index contributed by atoms with van der Waals surface area (Å²) in [6.45, 7) is 0. The van der Waals surface area contributed by atoms with Crippen LogP contribution in [-0.4, -0.2) is 15.0 Å². The highest BCUT2D eigenvalue weighted by atomic mass is 35.6. The van der Waals surface area contributed by atoms with E-state index in [2.05, 4.69) is 15.0 Å². The van der Waals surface area contributed by atoms with Gasteiger partial charge in [-0.1, -0.05) is 69.6 Å². The largest absolute Gasteiger partial charge is 0.465 e. The first-order valence-electron chi connectivity index (χ1n) is 5.28. The summed E-state index contributed by atoms with van der Waals surface area (Å²) in [4.78, 5) is 11.8. The minimum Gasteiger partial charge on any atom is -0.465 e. The molecule has 0 radical (unpaired) electrons. The number of alkyl halides is 6. The lowest BCUT2D eigenvalue weighted by atomic mass is 10.4. The highest BCUT2D eigenvalue weighted by molar-refractivity contribution is 6.67. The second-order valence-corrected chi connectivity index (χ2v) is 8.25. The average molecular weight is 408 g/mol. The summed E-state index contributed by atoms with van der Waals surface area (Å²) >= 11 is 34.6. The number of furan rings is 1. The normalized spacial score (nSPS) is 13.0. The molecule has 0 amide bonds. The van der Waals surface area contributed by atoms with E-state index in [9.17, 15) is 0 Å². The van der Waals surface area contributed by atoms with E-state index in [1.807, 2.05) is 0 Å². The first kappa shape index (κ1) is 17.1. The van der Waals surface area contributed by atoms with E-state index in [0.29, 0.717) is 5.76 Å². The minimum atomic E-state index is -1.87. The zero-order valence-electron chi connectivity index (χ0n) is 9.90. The standard InChI is InChI=1S/C11H5Cl6N3O/c12-10(13,14)8-18-7(4-3-6-2-1-5-21-6)19-9(20-8)11(15,16)17/h1-5H/b4-3-. The van der Waals surface area contributed by atoms with Gasteiger partial charge < -0.3 is 4.42 Å². The van der Waals surface area contributed by atoms with E-state index in [1.54, 1.807) is 18.2 Å². The predicted molar refractivity (Wildman–Crippen MR) is 85.9 cm³/mol. The summed E-state index contributed by atoms with van der Waals surface area (Å²) in [6.07, 6.45) is 4.65. The van der Waals surface area contributed by atoms with Gasteiger partial charge in [-0.3, -0.25) is 0 Å². The molecule has 0 atom stereocenters. The molecule has 0 aliphatic carbocycles. The van der Waals surface area contributed by atoms with Crippen LogP contribution in [0.25, 0.3) is 12.2 Å². The highest BCUT2D eigenvalue weighted by Gasteiger charge is 2.33. The van der Waals surface area contributed by atoms with Crippen molar-refractivity contribution < 1.29 is 4.42 Å². The van der Waals surface area contributed by atoms with Crippen LogP contribution in [0.3, 0.4) is 0 Å². The van der Waals surface area contributed by atoms with E-state index < -0.39 is 7.59 Å². The second-order valence-electron chi connectivity index (χ2n) is 3.69. The lowest BCUT2D eigenvalue weighted by molar-refractivity contribution is 0.557. The molecule has 2 heterocycles. The summed E-state index contributed by atoms with van der Waals surface area (Å²) in [5.41, 5.74) is 0. The van der Waals surface area contributed by atoms with Crippen molar-refractivity contribution >= 4 is 81.8 Å². The average Bonchev–Trinajstić information content (AvgIpc) is 2.87. The Morgan fingerprint density at radius 2 is 1.43 bits per heavy atom. The monoisotopic (exact) mass is 405 g/mol. The van der Waals surface area contributed by atoms with Crippen LogP contribution in [0.2, 0.25) is 0 Å². The molecule has 4 nitrogen and oxygen atoms in total. The Balaban J connectivity index is 2.45. The number of rotatable bonds is 2. The van der Waals surface area contributed by atoms with Gasteiger partial charge in [0.1, 0.15) is 5.76 Å². The van der Waals surface area contributed by atoms with E-state index in [-0.39, 0.29) is 17.5 Å². The van der Waals surface area contributed by atoms with E-state index >= 15 is 0 Å². The van der Waals surface area contributed by atoms with Crippen LogP contribution in [0.5, 0.6) is 0 Å². The maximum atomic E-state index is 5.76. The van der Waals surface area contributed by atoms with E-state index in [1.165, 1.54) is 12.3 Å². The van der Waals surface area contributed by atoms with Crippen molar-refractivity contribution in [2.45, 2.75) is 7.59 Å². The summed E-state index contributed by atoms with van der Waals surface area (Å²) in [5.74, 6) is 0.441. The molecule has 2 rings (SSSR count). The third-order valence-corrected chi connectivity index (χ3v) is 3.11. The molecule has 112 valence electrons. The van der Waals surface area contributed by atoms with Crippen LogP contribution in [-0.2, 0) is 7.59 Å². The fourth-order valence-electron chi connectivity index (χ4n) is 1.26. The zero-order valence-corrected chi connectivity index (χ0v) is 14.4. The minimum absolute atomic E-state index is 0.150. The molecule has 2 aromatic heterocycles. The lowest BCUT2D eigenvalue weighted by Gasteiger charge is -2.14. The van der Waals surface area contributed by atoms with Crippen molar-refractivity contribution in [1.29, 1.82) is 0 Å². The van der Waals surface area contributed by atoms with Crippen molar-refractivity contribution in [3.8, 4) is 0 Å². The van der Waals surface area contributed by atoms with Gasteiger partial charge in [-0.25, -0.2) is 15.0 Å². The van der Waals surface area contributed by atoms with Crippen LogP contribution < -0.4 is 0 Å². The number of hydrogen-bond donors (Lipinski definition) is 0. The smallest absolute Gasteiger partial charge is 0.250 e. The summed E-state index contributed by atoms with van der Waals surface area (Å²) in [5, 5.41) is 0. The number of aromatic nitrogens is 3. The number of hydrogen-bond acceptors (Lipinski definition) is 4. The molecule has 0 N–H and O–H groups in total.